The number of hydrogen-bond donors (Lipinski definition) is 0. The van der Waals surface area contributed by atoms with E-state index >= 15 is 0 Å². The van der Waals surface area contributed by atoms with Crippen molar-refractivity contribution in [2.75, 3.05) is 6.61 Å². The van der Waals surface area contributed by atoms with Crippen LogP contribution in [0.2, 0.25) is 0 Å². The average Bonchev–Trinajstić information content (AvgIpc) is 2.69. The van der Waals surface area contributed by atoms with Crippen LogP contribution in [0.5, 0.6) is 5.75 Å². The van der Waals surface area contributed by atoms with Gasteiger partial charge in [0, 0.05) is 6.42 Å². The largest absolute Gasteiger partial charge is 0.494 e. The summed E-state index contributed by atoms with van der Waals surface area (Å²) in [6.07, 6.45) is 8.44. The molecule has 0 saturated carbocycles. The minimum Gasteiger partial charge on any atom is -0.494 e. The fourth-order valence-electron chi connectivity index (χ4n) is 2.57. The molecule has 0 aliphatic carbocycles. The minimum atomic E-state index is 0.532. The first kappa shape index (κ1) is 19.8. The van der Waals surface area contributed by atoms with Gasteiger partial charge >= 0.3 is 0 Å². The van der Waals surface area contributed by atoms with Crippen molar-refractivity contribution in [3.8, 4) is 5.75 Å². The Balaban J connectivity index is 1.80. The van der Waals surface area contributed by atoms with Crippen LogP contribution in [0.25, 0.3) is 0 Å². The zero-order valence-electron chi connectivity index (χ0n) is 15.6. The van der Waals surface area contributed by atoms with Gasteiger partial charge in [0.05, 0.1) is 18.0 Å². The lowest BCUT2D eigenvalue weighted by Crippen LogP contribution is -1.96. The van der Waals surface area contributed by atoms with Crippen LogP contribution < -0.4 is 4.74 Å². The van der Waals surface area contributed by atoms with Crippen LogP contribution in [0.4, 0.5) is 11.4 Å². The van der Waals surface area contributed by atoms with E-state index in [1.54, 1.807) is 0 Å². The second-order valence-electron chi connectivity index (χ2n) is 6.33. The van der Waals surface area contributed by atoms with Gasteiger partial charge in [-0.25, -0.2) is 0 Å². The van der Waals surface area contributed by atoms with Crippen LogP contribution in [0, 0.1) is 0 Å². The van der Waals surface area contributed by atoms with Crippen molar-refractivity contribution in [3.63, 3.8) is 0 Å². The maximum absolute atomic E-state index is 10.3. The Hall–Kier alpha value is -2.49. The number of nitrogens with zero attached hydrogens (tertiary/aromatic N) is 2. The Labute approximate surface area is 156 Å². The Morgan fingerprint density at radius 2 is 1.50 bits per heavy atom. The lowest BCUT2D eigenvalue weighted by Gasteiger charge is -2.04. The standard InChI is InChI=1S/C22H28N2O2/c1-2-3-4-5-8-19-9-11-20(12-10-19)23-24-21-13-15-22(16-14-21)26-18-7-6-17-25/h9-17H,2-8,18H2,1H3. The van der Waals surface area contributed by atoms with Crippen molar-refractivity contribution in [1.82, 2.24) is 0 Å². The number of hydrogen-bond acceptors (Lipinski definition) is 4. The molecular formula is C22H28N2O2. The number of azo groups is 1. The molecule has 0 saturated heterocycles. The molecule has 0 N–H and O–H groups in total. The first-order valence-corrected chi connectivity index (χ1v) is 9.49. The normalized spacial score (nSPS) is 11.0. The number of rotatable bonds is 12. The van der Waals surface area contributed by atoms with Crippen LogP contribution in [-0.2, 0) is 11.2 Å². The van der Waals surface area contributed by atoms with E-state index in [4.69, 9.17) is 4.74 Å². The van der Waals surface area contributed by atoms with Crippen molar-refractivity contribution in [2.45, 2.75) is 51.9 Å². The van der Waals surface area contributed by atoms with E-state index in [1.807, 2.05) is 36.4 Å². The molecule has 0 aliphatic heterocycles. The summed E-state index contributed by atoms with van der Waals surface area (Å²) in [5, 5.41) is 8.56. The second-order valence-corrected chi connectivity index (χ2v) is 6.33. The average molecular weight is 352 g/mol. The van der Waals surface area contributed by atoms with Crippen molar-refractivity contribution in [2.24, 2.45) is 10.2 Å². The molecule has 0 spiro atoms. The first-order valence-electron chi connectivity index (χ1n) is 9.49. The van der Waals surface area contributed by atoms with Crippen LogP contribution in [0.1, 0.15) is 51.0 Å². The molecule has 0 aromatic heterocycles. The third kappa shape index (κ3) is 7.60. The molecule has 2 aromatic carbocycles. The molecule has 0 unspecified atom stereocenters. The predicted molar refractivity (Wildman–Crippen MR) is 106 cm³/mol. The first-order chi connectivity index (χ1) is 12.8. The monoisotopic (exact) mass is 352 g/mol. The van der Waals surface area contributed by atoms with Gasteiger partial charge in [0.15, 0.2) is 0 Å². The van der Waals surface area contributed by atoms with Gasteiger partial charge in [0.25, 0.3) is 0 Å². The SMILES string of the molecule is CCCCCCc1ccc(N=Nc2ccc(OCCCC=O)cc2)cc1. The summed E-state index contributed by atoms with van der Waals surface area (Å²) in [5.41, 5.74) is 3.00. The number of unbranched alkanes of at least 4 members (excludes halogenated alkanes) is 4. The summed E-state index contributed by atoms with van der Waals surface area (Å²) in [6.45, 7) is 2.78. The predicted octanol–water partition coefficient (Wildman–Crippen LogP) is 6.58. The molecular weight excluding hydrogens is 324 g/mol. The van der Waals surface area contributed by atoms with Gasteiger partial charge in [-0.1, -0.05) is 38.3 Å². The van der Waals surface area contributed by atoms with E-state index in [0.717, 1.165) is 36.3 Å². The number of benzene rings is 2. The summed E-state index contributed by atoms with van der Waals surface area (Å²) in [4.78, 5) is 10.3. The van der Waals surface area contributed by atoms with Crippen LogP contribution >= 0.6 is 0 Å². The third-order valence-corrected chi connectivity index (χ3v) is 4.11. The maximum Gasteiger partial charge on any atom is 0.120 e. The van der Waals surface area contributed by atoms with Gasteiger partial charge in [0.1, 0.15) is 12.0 Å². The highest BCUT2D eigenvalue weighted by atomic mass is 16.5. The summed E-state index contributed by atoms with van der Waals surface area (Å²) in [6, 6.07) is 15.8. The Morgan fingerprint density at radius 1 is 0.846 bits per heavy atom. The van der Waals surface area contributed by atoms with E-state index < -0.39 is 0 Å². The minimum absolute atomic E-state index is 0.532. The fourth-order valence-corrected chi connectivity index (χ4v) is 2.57. The molecule has 4 nitrogen and oxygen atoms in total. The van der Waals surface area contributed by atoms with Gasteiger partial charge in [-0.15, -0.1) is 0 Å². The lowest BCUT2D eigenvalue weighted by molar-refractivity contribution is -0.108. The van der Waals surface area contributed by atoms with Crippen LogP contribution in [0.3, 0.4) is 0 Å². The van der Waals surface area contributed by atoms with Gasteiger partial charge in [-0.2, -0.15) is 10.2 Å². The van der Waals surface area contributed by atoms with Crippen molar-refractivity contribution in [1.29, 1.82) is 0 Å². The van der Waals surface area contributed by atoms with Crippen molar-refractivity contribution >= 4 is 17.7 Å². The molecule has 4 heteroatoms. The van der Waals surface area contributed by atoms with E-state index in [2.05, 4.69) is 29.3 Å². The number of carbonyl (C=O) groups excluding carboxylic acids is 1. The highest BCUT2D eigenvalue weighted by Crippen LogP contribution is 2.22. The van der Waals surface area contributed by atoms with Crippen LogP contribution in [-0.4, -0.2) is 12.9 Å². The molecule has 0 radical (unpaired) electrons. The fraction of sp³-hybridized carbons (Fsp3) is 0.409. The van der Waals surface area contributed by atoms with Crippen molar-refractivity contribution < 1.29 is 9.53 Å². The molecule has 0 atom stereocenters. The third-order valence-electron chi connectivity index (χ3n) is 4.11. The zero-order valence-corrected chi connectivity index (χ0v) is 15.6. The van der Waals surface area contributed by atoms with E-state index in [9.17, 15) is 4.79 Å². The number of aryl methyl sites for hydroxylation is 1. The van der Waals surface area contributed by atoms with Gasteiger partial charge in [0.2, 0.25) is 0 Å². The van der Waals surface area contributed by atoms with Crippen molar-refractivity contribution in [3.05, 3.63) is 54.1 Å². The Bertz CT molecular complexity index is 664. The maximum atomic E-state index is 10.3. The number of ether oxygens (including phenoxy) is 1. The molecule has 0 amide bonds. The lowest BCUT2D eigenvalue weighted by atomic mass is 10.1. The van der Waals surface area contributed by atoms with Gasteiger partial charge in [-0.05, 0) is 61.2 Å². The number of aldehydes is 1. The summed E-state index contributed by atoms with van der Waals surface area (Å²) in [5.74, 6) is 0.780. The Kier molecular flexibility index (Phi) is 9.12. The van der Waals surface area contributed by atoms with Gasteiger partial charge < -0.3 is 9.53 Å². The highest BCUT2D eigenvalue weighted by Gasteiger charge is 1.97. The molecule has 0 heterocycles. The quantitative estimate of drug-likeness (QED) is 0.246. The van der Waals surface area contributed by atoms with Gasteiger partial charge in [-0.3, -0.25) is 0 Å². The topological polar surface area (TPSA) is 51.0 Å². The highest BCUT2D eigenvalue weighted by molar-refractivity contribution is 5.49. The molecule has 2 rings (SSSR count). The van der Waals surface area contributed by atoms with E-state index in [1.165, 1.54) is 31.2 Å². The molecule has 0 bridgehead atoms. The van der Waals surface area contributed by atoms with Crippen LogP contribution in [0.15, 0.2) is 58.8 Å². The molecule has 138 valence electrons. The van der Waals surface area contributed by atoms with E-state index in [-0.39, 0.29) is 0 Å². The van der Waals surface area contributed by atoms with E-state index in [0.29, 0.717) is 13.0 Å². The summed E-state index contributed by atoms with van der Waals surface area (Å²) < 4.78 is 5.56. The second kappa shape index (κ2) is 12.0. The zero-order chi connectivity index (χ0) is 18.5. The molecule has 2 aromatic rings. The molecule has 0 aliphatic rings. The summed E-state index contributed by atoms with van der Waals surface area (Å²) in [7, 11) is 0. The smallest absolute Gasteiger partial charge is 0.120 e. The Morgan fingerprint density at radius 3 is 2.12 bits per heavy atom. The summed E-state index contributed by atoms with van der Waals surface area (Å²) >= 11 is 0. The molecule has 26 heavy (non-hydrogen) atoms. The number of carbonyl (C=O) groups is 1. The molecule has 0 fully saturated rings.